The van der Waals surface area contributed by atoms with E-state index >= 15 is 0 Å². The van der Waals surface area contributed by atoms with Crippen molar-refractivity contribution >= 4 is 10.1 Å². The van der Waals surface area contributed by atoms with Crippen LogP contribution in [0.1, 0.15) is 25.7 Å². The molecule has 4 nitrogen and oxygen atoms in total. The highest BCUT2D eigenvalue weighted by Crippen LogP contribution is 2.20. The molecular weight excluding hydrogens is 178 g/mol. The van der Waals surface area contributed by atoms with Crippen molar-refractivity contribution in [3.05, 3.63) is 0 Å². The van der Waals surface area contributed by atoms with Crippen LogP contribution in [0.5, 0.6) is 0 Å². The molecule has 1 saturated carbocycles. The molecule has 1 rings (SSSR count). The Labute approximate surface area is 73.2 Å². The lowest BCUT2D eigenvalue weighted by atomic mass is 9.94. The molecule has 2 atom stereocenters. The maximum absolute atomic E-state index is 10.8. The van der Waals surface area contributed by atoms with E-state index in [0.29, 0.717) is 0 Å². The molecule has 1 unspecified atom stereocenters. The number of hydrogen-bond donors (Lipinski definition) is 1. The molecule has 5 heteroatoms. The molecular formula is C7H15NO3S. The van der Waals surface area contributed by atoms with Gasteiger partial charge in [0.05, 0.1) is 12.4 Å². The first kappa shape index (κ1) is 9.95. The monoisotopic (exact) mass is 193 g/mol. The van der Waals surface area contributed by atoms with Crippen LogP contribution in [-0.4, -0.2) is 26.8 Å². The largest absolute Gasteiger partial charge is 0.325 e. The predicted molar refractivity (Wildman–Crippen MR) is 46.2 cm³/mol. The van der Waals surface area contributed by atoms with Crippen molar-refractivity contribution in [3.63, 3.8) is 0 Å². The molecule has 12 heavy (non-hydrogen) atoms. The van der Waals surface area contributed by atoms with E-state index in [-0.39, 0.29) is 12.1 Å². The summed E-state index contributed by atoms with van der Waals surface area (Å²) in [5.41, 5.74) is 5.70. The van der Waals surface area contributed by atoms with E-state index in [2.05, 4.69) is 0 Å². The minimum absolute atomic E-state index is 0.117. The summed E-state index contributed by atoms with van der Waals surface area (Å²) in [6, 6.07) is -0.117. The second-order valence-corrected chi connectivity index (χ2v) is 4.89. The van der Waals surface area contributed by atoms with Crippen molar-refractivity contribution in [2.45, 2.75) is 37.8 Å². The third-order valence-electron chi connectivity index (χ3n) is 2.05. The molecule has 0 aliphatic heterocycles. The molecule has 0 aromatic rings. The topological polar surface area (TPSA) is 69.4 Å². The molecule has 1 aliphatic carbocycles. The molecule has 0 amide bonds. The van der Waals surface area contributed by atoms with Crippen molar-refractivity contribution in [3.8, 4) is 0 Å². The predicted octanol–water partition coefficient (Wildman–Crippen LogP) is 0.233. The summed E-state index contributed by atoms with van der Waals surface area (Å²) in [7, 11) is -3.34. The van der Waals surface area contributed by atoms with Crippen LogP contribution in [0.4, 0.5) is 0 Å². The van der Waals surface area contributed by atoms with Crippen LogP contribution in [0.15, 0.2) is 0 Å². The van der Waals surface area contributed by atoms with Gasteiger partial charge in [-0.15, -0.1) is 0 Å². The van der Waals surface area contributed by atoms with Crippen LogP contribution in [0.25, 0.3) is 0 Å². The Morgan fingerprint density at radius 2 is 1.92 bits per heavy atom. The molecule has 72 valence electrons. The summed E-state index contributed by atoms with van der Waals surface area (Å²) in [4.78, 5) is 0. The average Bonchev–Trinajstić information content (AvgIpc) is 1.91. The van der Waals surface area contributed by atoms with Crippen LogP contribution in [0.3, 0.4) is 0 Å². The lowest BCUT2D eigenvalue weighted by molar-refractivity contribution is 0.140. The van der Waals surface area contributed by atoms with Crippen molar-refractivity contribution in [2.24, 2.45) is 5.73 Å². The Kier molecular flexibility index (Phi) is 3.09. The summed E-state index contributed by atoms with van der Waals surface area (Å²) >= 11 is 0. The maximum Gasteiger partial charge on any atom is 0.264 e. The highest BCUT2D eigenvalue weighted by Gasteiger charge is 2.25. The van der Waals surface area contributed by atoms with Gasteiger partial charge < -0.3 is 5.73 Å². The normalized spacial score (nSPS) is 31.8. The van der Waals surface area contributed by atoms with Crippen molar-refractivity contribution < 1.29 is 12.6 Å². The van der Waals surface area contributed by atoms with Gasteiger partial charge in [-0.2, -0.15) is 8.42 Å². The third-order valence-corrected chi connectivity index (χ3v) is 2.65. The van der Waals surface area contributed by atoms with Crippen molar-refractivity contribution in [1.82, 2.24) is 0 Å². The molecule has 0 saturated heterocycles. The molecule has 0 spiro atoms. The van der Waals surface area contributed by atoms with Crippen molar-refractivity contribution in [1.29, 1.82) is 0 Å². The standard InChI is InChI=1S/C7H15NO3S/c1-12(9,10)11-7-5-3-2-4-6(7)8/h6-7H,2-5,8H2,1H3/t6?,7-/m1/s1. The van der Waals surface area contributed by atoms with E-state index in [4.69, 9.17) is 9.92 Å². The molecule has 1 aliphatic rings. The zero-order valence-electron chi connectivity index (χ0n) is 7.19. The average molecular weight is 193 g/mol. The van der Waals surface area contributed by atoms with Crippen LogP contribution in [-0.2, 0) is 14.3 Å². The minimum Gasteiger partial charge on any atom is -0.325 e. The first-order chi connectivity index (χ1) is 5.49. The van der Waals surface area contributed by atoms with E-state index in [1.165, 1.54) is 0 Å². The van der Waals surface area contributed by atoms with Gasteiger partial charge in [-0.05, 0) is 12.8 Å². The molecule has 0 radical (unpaired) electrons. The molecule has 2 N–H and O–H groups in total. The summed E-state index contributed by atoms with van der Waals surface area (Å²) in [6.45, 7) is 0. The van der Waals surface area contributed by atoms with Gasteiger partial charge in [-0.3, -0.25) is 4.18 Å². The number of nitrogens with two attached hydrogens (primary N) is 1. The van der Waals surface area contributed by atoms with E-state index in [9.17, 15) is 8.42 Å². The van der Waals surface area contributed by atoms with Crippen molar-refractivity contribution in [2.75, 3.05) is 6.26 Å². The fraction of sp³-hybridized carbons (Fsp3) is 1.00. The van der Waals surface area contributed by atoms with Gasteiger partial charge in [0, 0.05) is 6.04 Å². The Balaban J connectivity index is 2.50. The Morgan fingerprint density at radius 1 is 1.33 bits per heavy atom. The Morgan fingerprint density at radius 3 is 2.42 bits per heavy atom. The molecule has 0 heterocycles. The highest BCUT2D eigenvalue weighted by atomic mass is 32.2. The van der Waals surface area contributed by atoms with Gasteiger partial charge in [-0.25, -0.2) is 0 Å². The molecule has 0 aromatic heterocycles. The maximum atomic E-state index is 10.8. The molecule has 0 bridgehead atoms. The van der Waals surface area contributed by atoms with Crippen LogP contribution < -0.4 is 5.73 Å². The first-order valence-corrected chi connectivity index (χ1v) is 5.94. The molecule has 0 aromatic carbocycles. The third kappa shape index (κ3) is 3.08. The van der Waals surface area contributed by atoms with E-state index in [1.807, 2.05) is 0 Å². The van der Waals surface area contributed by atoms with Gasteiger partial charge in [0.2, 0.25) is 0 Å². The quantitative estimate of drug-likeness (QED) is 0.637. The first-order valence-electron chi connectivity index (χ1n) is 4.13. The second-order valence-electron chi connectivity index (χ2n) is 3.29. The smallest absolute Gasteiger partial charge is 0.264 e. The number of hydrogen-bond acceptors (Lipinski definition) is 4. The van der Waals surface area contributed by atoms with E-state index in [1.54, 1.807) is 0 Å². The lowest BCUT2D eigenvalue weighted by Crippen LogP contribution is -2.40. The van der Waals surface area contributed by atoms with Gasteiger partial charge in [0.1, 0.15) is 0 Å². The summed E-state index contributed by atoms with van der Waals surface area (Å²) in [5, 5.41) is 0. The van der Waals surface area contributed by atoms with E-state index < -0.39 is 10.1 Å². The van der Waals surface area contributed by atoms with Gasteiger partial charge in [-0.1, -0.05) is 12.8 Å². The fourth-order valence-electron chi connectivity index (χ4n) is 1.47. The molecule has 1 fully saturated rings. The SMILES string of the molecule is CS(=O)(=O)O[C@@H]1CCCCC1N. The summed E-state index contributed by atoms with van der Waals surface area (Å²) < 4.78 is 26.4. The zero-order valence-corrected chi connectivity index (χ0v) is 8.01. The van der Waals surface area contributed by atoms with Crippen LogP contribution in [0, 0.1) is 0 Å². The Bertz CT molecular complexity index is 237. The van der Waals surface area contributed by atoms with E-state index in [0.717, 1.165) is 31.9 Å². The fourth-order valence-corrected chi connectivity index (χ4v) is 2.16. The van der Waals surface area contributed by atoms with Crippen LogP contribution in [0.2, 0.25) is 0 Å². The Hall–Kier alpha value is -0.130. The zero-order chi connectivity index (χ0) is 9.19. The van der Waals surface area contributed by atoms with Gasteiger partial charge in [0.25, 0.3) is 10.1 Å². The summed E-state index contributed by atoms with van der Waals surface area (Å²) in [5.74, 6) is 0. The summed E-state index contributed by atoms with van der Waals surface area (Å²) in [6.07, 6.45) is 4.47. The van der Waals surface area contributed by atoms with Crippen LogP contribution >= 0.6 is 0 Å². The highest BCUT2D eigenvalue weighted by molar-refractivity contribution is 7.86. The lowest BCUT2D eigenvalue weighted by Gasteiger charge is -2.27. The minimum atomic E-state index is -3.34. The van der Waals surface area contributed by atoms with Gasteiger partial charge in [0.15, 0.2) is 0 Å². The van der Waals surface area contributed by atoms with Gasteiger partial charge >= 0.3 is 0 Å². The number of rotatable bonds is 2. The second kappa shape index (κ2) is 3.72.